The molecule has 1 aromatic heterocycles. The molecule has 0 saturated heterocycles. The number of Topliss-reactive ketones (excluding diaryl/α,β-unsaturated/α-hetero) is 1. The molecular weight excluding hydrogens is 516 g/mol. The lowest BCUT2D eigenvalue weighted by molar-refractivity contribution is -0.138. The third-order valence-electron chi connectivity index (χ3n) is 5.93. The Balaban J connectivity index is 1.61. The van der Waals surface area contributed by atoms with E-state index in [9.17, 15) is 24.3 Å². The predicted molar refractivity (Wildman–Crippen MR) is 150 cm³/mol. The SMILES string of the molecule is COc1cc(CC(=O)Nc2ccc(C(CC(=O)O)NC(N)C(C)=O)cn2)ccc1NC(=O)Nc1ccccc1C. The third-order valence-corrected chi connectivity index (χ3v) is 5.93. The summed E-state index contributed by atoms with van der Waals surface area (Å²) in [6.45, 7) is 3.19. The molecule has 2 unspecified atom stereocenters. The van der Waals surface area contributed by atoms with Gasteiger partial charge in [-0.1, -0.05) is 30.3 Å². The largest absolute Gasteiger partial charge is 0.495 e. The summed E-state index contributed by atoms with van der Waals surface area (Å²) in [5.74, 6) is -1.11. The first kappa shape index (κ1) is 29.7. The van der Waals surface area contributed by atoms with Gasteiger partial charge in [-0.3, -0.25) is 19.7 Å². The molecule has 7 N–H and O–H groups in total. The normalized spacial score (nSPS) is 12.1. The van der Waals surface area contributed by atoms with Gasteiger partial charge in [-0.15, -0.1) is 0 Å². The van der Waals surface area contributed by atoms with E-state index in [1.54, 1.807) is 30.3 Å². The van der Waals surface area contributed by atoms with Crippen LogP contribution in [0, 0.1) is 6.92 Å². The quantitative estimate of drug-likeness (QED) is 0.185. The number of carboxylic acid groups (broad SMARTS) is 1. The van der Waals surface area contributed by atoms with Gasteiger partial charge in [0.15, 0.2) is 5.78 Å². The molecular formula is C28H32N6O6. The van der Waals surface area contributed by atoms with Crippen LogP contribution in [0.25, 0.3) is 0 Å². The van der Waals surface area contributed by atoms with E-state index >= 15 is 0 Å². The molecule has 0 aliphatic carbocycles. The number of carbonyl (C=O) groups excluding carboxylic acids is 3. The number of rotatable bonds is 12. The highest BCUT2D eigenvalue weighted by Gasteiger charge is 2.20. The number of benzene rings is 2. The van der Waals surface area contributed by atoms with Crippen LogP contribution < -0.4 is 31.7 Å². The fourth-order valence-electron chi connectivity index (χ4n) is 3.78. The average molecular weight is 549 g/mol. The van der Waals surface area contributed by atoms with Crippen molar-refractivity contribution in [3.05, 3.63) is 77.5 Å². The molecule has 3 aromatic rings. The number of aryl methyl sites for hydroxylation is 1. The lowest BCUT2D eigenvalue weighted by Crippen LogP contribution is -2.45. The number of ether oxygens (including phenoxy) is 1. The molecule has 1 heterocycles. The van der Waals surface area contributed by atoms with Crippen LogP contribution in [0.1, 0.15) is 36.1 Å². The molecule has 0 spiro atoms. The van der Waals surface area contributed by atoms with Crippen LogP contribution in [-0.4, -0.2) is 47.1 Å². The number of nitrogens with two attached hydrogens (primary N) is 1. The van der Waals surface area contributed by atoms with Crippen molar-refractivity contribution < 1.29 is 29.0 Å². The number of carboxylic acids is 1. The Labute approximate surface area is 231 Å². The zero-order valence-electron chi connectivity index (χ0n) is 22.4. The highest BCUT2D eigenvalue weighted by molar-refractivity contribution is 6.01. The van der Waals surface area contributed by atoms with Gasteiger partial charge >= 0.3 is 12.0 Å². The molecule has 210 valence electrons. The summed E-state index contributed by atoms with van der Waals surface area (Å²) in [5.41, 5.74) is 8.90. The third kappa shape index (κ3) is 8.61. The van der Waals surface area contributed by atoms with Crippen molar-refractivity contribution in [1.82, 2.24) is 10.3 Å². The van der Waals surface area contributed by atoms with Gasteiger partial charge in [0, 0.05) is 17.9 Å². The molecule has 40 heavy (non-hydrogen) atoms. The molecule has 2 aromatic carbocycles. The Hall–Kier alpha value is -4.81. The second kappa shape index (κ2) is 13.8. The number of carbonyl (C=O) groups is 4. The number of hydrogen-bond donors (Lipinski definition) is 6. The van der Waals surface area contributed by atoms with Gasteiger partial charge in [0.2, 0.25) is 5.91 Å². The van der Waals surface area contributed by atoms with Gasteiger partial charge < -0.3 is 31.5 Å². The van der Waals surface area contributed by atoms with Crippen molar-refractivity contribution in [2.45, 2.75) is 38.9 Å². The molecule has 0 fully saturated rings. The molecule has 12 heteroatoms. The standard InChI is InChI=1S/C28H32N6O6/c1-16-6-4-5-7-20(16)32-28(39)33-21-10-8-18(12-23(21)40-3)13-25(36)34-24-11-9-19(15-30-24)22(14-26(37)38)31-27(29)17(2)35/h4-12,15,22,27,31H,13-14,29H2,1-3H3,(H,37,38)(H,30,34,36)(H2,32,33,39). The smallest absolute Gasteiger partial charge is 0.323 e. The number of methoxy groups -OCH3 is 1. The van der Waals surface area contributed by atoms with Crippen molar-refractivity contribution in [1.29, 1.82) is 0 Å². The minimum absolute atomic E-state index is 0.00609. The van der Waals surface area contributed by atoms with Crippen LogP contribution in [0.4, 0.5) is 22.0 Å². The molecule has 3 amide bonds. The first-order chi connectivity index (χ1) is 19.0. The number of pyridine rings is 1. The maximum Gasteiger partial charge on any atom is 0.323 e. The van der Waals surface area contributed by atoms with E-state index in [0.29, 0.717) is 28.3 Å². The molecule has 3 rings (SSSR count). The number of nitrogens with one attached hydrogen (secondary N) is 4. The van der Waals surface area contributed by atoms with Crippen LogP contribution in [0.5, 0.6) is 5.75 Å². The number of nitrogens with zero attached hydrogens (tertiary/aromatic N) is 1. The number of amides is 3. The number of aliphatic carboxylic acids is 1. The van der Waals surface area contributed by atoms with Crippen molar-refractivity contribution in [3.63, 3.8) is 0 Å². The number of hydrogen-bond acceptors (Lipinski definition) is 8. The van der Waals surface area contributed by atoms with Gasteiger partial charge in [-0.25, -0.2) is 9.78 Å². The summed E-state index contributed by atoms with van der Waals surface area (Å²) in [6.07, 6.45) is 0.0831. The minimum Gasteiger partial charge on any atom is -0.495 e. The molecule has 2 atom stereocenters. The summed E-state index contributed by atoms with van der Waals surface area (Å²) in [7, 11) is 1.46. The van der Waals surface area contributed by atoms with Crippen LogP contribution in [0.15, 0.2) is 60.8 Å². The van der Waals surface area contributed by atoms with E-state index in [1.807, 2.05) is 25.1 Å². The highest BCUT2D eigenvalue weighted by Crippen LogP contribution is 2.26. The summed E-state index contributed by atoms with van der Waals surface area (Å²) in [4.78, 5) is 52.0. The van der Waals surface area contributed by atoms with Gasteiger partial charge in [-0.05, 0) is 54.8 Å². The van der Waals surface area contributed by atoms with E-state index < -0.39 is 24.2 Å². The first-order valence-electron chi connectivity index (χ1n) is 12.4. The number of urea groups is 1. The number of anilines is 3. The highest BCUT2D eigenvalue weighted by atomic mass is 16.5. The maximum absolute atomic E-state index is 12.6. The molecule has 0 aliphatic rings. The van der Waals surface area contributed by atoms with Gasteiger partial charge in [0.25, 0.3) is 0 Å². The summed E-state index contributed by atoms with van der Waals surface area (Å²) in [5, 5.41) is 20.2. The van der Waals surface area contributed by atoms with E-state index in [0.717, 1.165) is 5.56 Å². The average Bonchev–Trinajstić information content (AvgIpc) is 2.90. The topological polar surface area (TPSA) is 185 Å². The van der Waals surface area contributed by atoms with Gasteiger partial charge in [-0.2, -0.15) is 0 Å². The van der Waals surface area contributed by atoms with Gasteiger partial charge in [0.1, 0.15) is 17.7 Å². The maximum atomic E-state index is 12.6. The first-order valence-corrected chi connectivity index (χ1v) is 12.4. The Bertz CT molecular complexity index is 1380. The second-order valence-electron chi connectivity index (χ2n) is 9.04. The molecule has 0 saturated carbocycles. The molecule has 12 nitrogen and oxygen atoms in total. The Morgan fingerprint density at radius 1 is 1.00 bits per heavy atom. The van der Waals surface area contributed by atoms with E-state index in [1.165, 1.54) is 26.3 Å². The summed E-state index contributed by atoms with van der Waals surface area (Å²) >= 11 is 0. The molecule has 0 aliphatic heterocycles. The van der Waals surface area contributed by atoms with Crippen molar-refractivity contribution in [2.24, 2.45) is 5.73 Å². The van der Waals surface area contributed by atoms with Crippen LogP contribution in [-0.2, 0) is 20.8 Å². The Kier molecular flexibility index (Phi) is 10.3. The lowest BCUT2D eigenvalue weighted by Gasteiger charge is -2.20. The van der Waals surface area contributed by atoms with E-state index in [4.69, 9.17) is 10.5 Å². The lowest BCUT2D eigenvalue weighted by atomic mass is 10.1. The monoisotopic (exact) mass is 548 g/mol. The summed E-state index contributed by atoms with van der Waals surface area (Å²) < 4.78 is 5.40. The van der Waals surface area contributed by atoms with Crippen molar-refractivity contribution in [2.75, 3.05) is 23.1 Å². The van der Waals surface area contributed by atoms with E-state index in [-0.39, 0.29) is 30.3 Å². The van der Waals surface area contributed by atoms with Crippen LogP contribution >= 0.6 is 0 Å². The van der Waals surface area contributed by atoms with E-state index in [2.05, 4.69) is 26.3 Å². The molecule has 0 radical (unpaired) electrons. The Morgan fingerprint density at radius 2 is 1.73 bits per heavy atom. The number of ketones is 1. The van der Waals surface area contributed by atoms with Crippen molar-refractivity contribution in [3.8, 4) is 5.75 Å². The Morgan fingerprint density at radius 3 is 2.35 bits per heavy atom. The predicted octanol–water partition coefficient (Wildman–Crippen LogP) is 3.20. The molecule has 0 bridgehead atoms. The summed E-state index contributed by atoms with van der Waals surface area (Å²) in [6, 6.07) is 14.3. The number of para-hydroxylation sites is 1. The van der Waals surface area contributed by atoms with Crippen LogP contribution in [0.2, 0.25) is 0 Å². The fourth-order valence-corrected chi connectivity index (χ4v) is 3.78. The minimum atomic E-state index is -1.07. The zero-order valence-corrected chi connectivity index (χ0v) is 22.4. The van der Waals surface area contributed by atoms with Crippen molar-refractivity contribution >= 4 is 40.9 Å². The fraction of sp³-hybridized carbons (Fsp3) is 0.250. The van der Waals surface area contributed by atoms with Crippen LogP contribution in [0.3, 0.4) is 0 Å². The zero-order chi connectivity index (χ0) is 29.2. The van der Waals surface area contributed by atoms with Gasteiger partial charge in [0.05, 0.1) is 25.6 Å². The second-order valence-corrected chi connectivity index (χ2v) is 9.04. The number of aromatic nitrogens is 1.